The van der Waals surface area contributed by atoms with Crippen molar-refractivity contribution in [1.29, 1.82) is 0 Å². The lowest BCUT2D eigenvalue weighted by atomic mass is 10.2. The molecule has 2 rings (SSSR count). The average Bonchev–Trinajstić information content (AvgIpc) is 2.53. The van der Waals surface area contributed by atoms with E-state index >= 15 is 0 Å². The third-order valence-corrected chi connectivity index (χ3v) is 2.78. The predicted molar refractivity (Wildman–Crippen MR) is 80.4 cm³/mol. The summed E-state index contributed by atoms with van der Waals surface area (Å²) < 4.78 is 10.2. The molecule has 21 heavy (non-hydrogen) atoms. The van der Waals surface area contributed by atoms with E-state index in [1.807, 2.05) is 25.2 Å². The number of methoxy groups -OCH3 is 2. The van der Waals surface area contributed by atoms with E-state index in [1.165, 1.54) is 0 Å². The number of anilines is 2. The van der Waals surface area contributed by atoms with E-state index in [1.54, 1.807) is 20.4 Å². The number of aromatic nitrogens is 3. The van der Waals surface area contributed by atoms with Crippen LogP contribution in [0.5, 0.6) is 5.88 Å². The number of ether oxygens (including phenoxy) is 2. The SMILES string of the molecule is CNc1cc(NCc2ccnc(OC)c2)nc(COC)n1. The molecule has 0 unspecified atom stereocenters. The van der Waals surface area contributed by atoms with Gasteiger partial charge in [-0.25, -0.2) is 15.0 Å². The van der Waals surface area contributed by atoms with Crippen LogP contribution in [0.1, 0.15) is 11.4 Å². The molecule has 0 aliphatic heterocycles. The molecule has 7 heteroatoms. The second kappa shape index (κ2) is 7.39. The van der Waals surface area contributed by atoms with Gasteiger partial charge in [-0.3, -0.25) is 0 Å². The molecule has 0 aliphatic rings. The van der Waals surface area contributed by atoms with Crippen molar-refractivity contribution in [2.24, 2.45) is 0 Å². The molecule has 7 nitrogen and oxygen atoms in total. The number of nitrogens with zero attached hydrogens (tertiary/aromatic N) is 3. The first-order valence-electron chi connectivity index (χ1n) is 6.52. The van der Waals surface area contributed by atoms with Gasteiger partial charge in [-0.1, -0.05) is 0 Å². The van der Waals surface area contributed by atoms with Crippen molar-refractivity contribution in [2.75, 3.05) is 31.9 Å². The van der Waals surface area contributed by atoms with Gasteiger partial charge in [0.05, 0.1) is 7.11 Å². The lowest BCUT2D eigenvalue weighted by Gasteiger charge is -2.10. The number of hydrogen-bond donors (Lipinski definition) is 2. The molecule has 0 amide bonds. The topological polar surface area (TPSA) is 81.2 Å². The Balaban J connectivity index is 2.09. The van der Waals surface area contributed by atoms with Crippen molar-refractivity contribution in [1.82, 2.24) is 15.0 Å². The van der Waals surface area contributed by atoms with Crippen LogP contribution in [0.3, 0.4) is 0 Å². The van der Waals surface area contributed by atoms with Crippen LogP contribution < -0.4 is 15.4 Å². The summed E-state index contributed by atoms with van der Waals surface area (Å²) in [6, 6.07) is 5.65. The Labute approximate surface area is 123 Å². The zero-order valence-electron chi connectivity index (χ0n) is 12.4. The number of nitrogens with one attached hydrogen (secondary N) is 2. The van der Waals surface area contributed by atoms with Crippen LogP contribution in [-0.2, 0) is 17.9 Å². The zero-order valence-corrected chi connectivity index (χ0v) is 12.4. The summed E-state index contributed by atoms with van der Waals surface area (Å²) in [5.41, 5.74) is 1.06. The Kier molecular flexibility index (Phi) is 5.28. The van der Waals surface area contributed by atoms with Crippen molar-refractivity contribution in [3.63, 3.8) is 0 Å². The van der Waals surface area contributed by atoms with Crippen molar-refractivity contribution in [3.05, 3.63) is 35.8 Å². The number of pyridine rings is 1. The molecule has 0 atom stereocenters. The minimum absolute atomic E-state index is 0.368. The van der Waals surface area contributed by atoms with Crippen LogP contribution in [0.2, 0.25) is 0 Å². The average molecular weight is 289 g/mol. The Morgan fingerprint density at radius 3 is 2.67 bits per heavy atom. The van der Waals surface area contributed by atoms with Crippen molar-refractivity contribution in [3.8, 4) is 5.88 Å². The van der Waals surface area contributed by atoms with Gasteiger partial charge in [-0.15, -0.1) is 0 Å². The zero-order chi connectivity index (χ0) is 15.1. The lowest BCUT2D eigenvalue weighted by molar-refractivity contribution is 0.178. The second-order valence-corrected chi connectivity index (χ2v) is 4.30. The Morgan fingerprint density at radius 1 is 1.14 bits per heavy atom. The monoisotopic (exact) mass is 289 g/mol. The summed E-state index contributed by atoms with van der Waals surface area (Å²) in [4.78, 5) is 12.8. The van der Waals surface area contributed by atoms with Crippen LogP contribution in [0, 0.1) is 0 Å². The summed E-state index contributed by atoms with van der Waals surface area (Å²) in [6.07, 6.45) is 1.71. The van der Waals surface area contributed by atoms with Crippen LogP contribution in [0.25, 0.3) is 0 Å². The van der Waals surface area contributed by atoms with E-state index in [9.17, 15) is 0 Å². The largest absolute Gasteiger partial charge is 0.481 e. The summed E-state index contributed by atoms with van der Waals surface area (Å²) in [6.45, 7) is 0.985. The van der Waals surface area contributed by atoms with Gasteiger partial charge in [0.2, 0.25) is 5.88 Å². The van der Waals surface area contributed by atoms with E-state index in [0.29, 0.717) is 24.9 Å². The highest BCUT2D eigenvalue weighted by Crippen LogP contribution is 2.14. The maximum atomic E-state index is 5.10. The third-order valence-electron chi connectivity index (χ3n) is 2.78. The van der Waals surface area contributed by atoms with E-state index in [0.717, 1.165) is 17.2 Å². The van der Waals surface area contributed by atoms with E-state index in [4.69, 9.17) is 9.47 Å². The fourth-order valence-corrected chi connectivity index (χ4v) is 1.77. The normalized spacial score (nSPS) is 10.2. The molecule has 0 aliphatic carbocycles. The highest BCUT2D eigenvalue weighted by molar-refractivity contribution is 5.47. The molecule has 0 bridgehead atoms. The van der Waals surface area contributed by atoms with E-state index in [-0.39, 0.29) is 0 Å². The first-order valence-corrected chi connectivity index (χ1v) is 6.52. The first kappa shape index (κ1) is 15.0. The molecule has 0 saturated heterocycles. The van der Waals surface area contributed by atoms with Crippen LogP contribution in [-0.4, -0.2) is 36.2 Å². The van der Waals surface area contributed by atoms with Crippen LogP contribution in [0.15, 0.2) is 24.4 Å². The fraction of sp³-hybridized carbons (Fsp3) is 0.357. The van der Waals surface area contributed by atoms with Gasteiger partial charge in [-0.2, -0.15) is 0 Å². The summed E-state index contributed by atoms with van der Waals surface area (Å²) in [5.74, 6) is 2.69. The maximum absolute atomic E-state index is 5.10. The molecule has 0 radical (unpaired) electrons. The van der Waals surface area contributed by atoms with Crippen LogP contribution >= 0.6 is 0 Å². The van der Waals surface area contributed by atoms with Gasteiger partial charge in [0.1, 0.15) is 18.2 Å². The Bertz CT molecular complexity index is 591. The van der Waals surface area contributed by atoms with Gasteiger partial charge in [0.25, 0.3) is 0 Å². The molecule has 0 spiro atoms. The highest BCUT2D eigenvalue weighted by Gasteiger charge is 2.04. The van der Waals surface area contributed by atoms with Crippen molar-refractivity contribution in [2.45, 2.75) is 13.2 Å². The minimum Gasteiger partial charge on any atom is -0.481 e. The number of hydrogen-bond acceptors (Lipinski definition) is 7. The van der Waals surface area contributed by atoms with Gasteiger partial charge < -0.3 is 20.1 Å². The molecule has 0 fully saturated rings. The molecule has 2 aromatic heterocycles. The van der Waals surface area contributed by atoms with Gasteiger partial charge in [0.15, 0.2) is 5.82 Å². The van der Waals surface area contributed by atoms with Gasteiger partial charge in [0, 0.05) is 39.0 Å². The predicted octanol–water partition coefficient (Wildman–Crippen LogP) is 1.68. The summed E-state index contributed by atoms with van der Waals surface area (Å²) in [7, 11) is 5.03. The third kappa shape index (κ3) is 4.28. The van der Waals surface area contributed by atoms with Gasteiger partial charge in [-0.05, 0) is 11.6 Å². The highest BCUT2D eigenvalue weighted by atomic mass is 16.5. The molecule has 0 aromatic carbocycles. The van der Waals surface area contributed by atoms with Gasteiger partial charge >= 0.3 is 0 Å². The van der Waals surface area contributed by atoms with E-state index in [2.05, 4.69) is 25.6 Å². The van der Waals surface area contributed by atoms with Crippen LogP contribution in [0.4, 0.5) is 11.6 Å². The fourth-order valence-electron chi connectivity index (χ4n) is 1.77. The second-order valence-electron chi connectivity index (χ2n) is 4.30. The molecule has 112 valence electrons. The lowest BCUT2D eigenvalue weighted by Crippen LogP contribution is -2.07. The standard InChI is InChI=1S/C14H19N5O2/c1-15-11-7-12(19-13(18-11)9-20-2)17-8-10-4-5-16-14(6-10)21-3/h4-7H,8-9H2,1-3H3,(H2,15,17,18,19). The first-order chi connectivity index (χ1) is 10.2. The smallest absolute Gasteiger partial charge is 0.213 e. The summed E-state index contributed by atoms with van der Waals surface area (Å²) in [5, 5.41) is 6.26. The van der Waals surface area contributed by atoms with Crippen molar-refractivity contribution < 1.29 is 9.47 Å². The molecular formula is C14H19N5O2. The quantitative estimate of drug-likeness (QED) is 0.802. The van der Waals surface area contributed by atoms with Crippen molar-refractivity contribution >= 4 is 11.6 Å². The minimum atomic E-state index is 0.368. The molecule has 2 aromatic rings. The molecule has 2 N–H and O–H groups in total. The molecular weight excluding hydrogens is 270 g/mol. The maximum Gasteiger partial charge on any atom is 0.213 e. The Hall–Kier alpha value is -2.41. The summed E-state index contributed by atoms with van der Waals surface area (Å²) >= 11 is 0. The number of rotatable bonds is 7. The van der Waals surface area contributed by atoms with E-state index < -0.39 is 0 Å². The molecule has 0 saturated carbocycles. The Morgan fingerprint density at radius 2 is 1.95 bits per heavy atom. The molecule has 2 heterocycles.